The Morgan fingerprint density at radius 2 is 2.26 bits per heavy atom. The van der Waals surface area contributed by atoms with E-state index in [1.54, 1.807) is 4.90 Å². The van der Waals surface area contributed by atoms with Crippen molar-refractivity contribution in [3.05, 3.63) is 0 Å². The highest BCUT2D eigenvalue weighted by atomic mass is 16.5. The normalized spacial score (nSPS) is 32.1. The number of ether oxygens (including phenoxy) is 1. The van der Waals surface area contributed by atoms with Gasteiger partial charge in [0.15, 0.2) is 0 Å². The SMILES string of the molecule is CC1CCNC(C(=O)N2CCOCC2CC(=O)O)C1. The van der Waals surface area contributed by atoms with Crippen LogP contribution in [0.25, 0.3) is 0 Å². The van der Waals surface area contributed by atoms with Crippen LogP contribution in [0.4, 0.5) is 0 Å². The number of carboxylic acids is 1. The molecule has 0 saturated carbocycles. The molecule has 19 heavy (non-hydrogen) atoms. The summed E-state index contributed by atoms with van der Waals surface area (Å²) in [6, 6.07) is -0.504. The highest BCUT2D eigenvalue weighted by Gasteiger charge is 2.34. The van der Waals surface area contributed by atoms with E-state index in [9.17, 15) is 9.59 Å². The number of piperidine rings is 1. The molecular weight excluding hydrogens is 248 g/mol. The summed E-state index contributed by atoms with van der Waals surface area (Å²) in [4.78, 5) is 25.0. The van der Waals surface area contributed by atoms with E-state index in [0.29, 0.717) is 25.7 Å². The topological polar surface area (TPSA) is 78.9 Å². The van der Waals surface area contributed by atoms with Crippen molar-refractivity contribution in [3.8, 4) is 0 Å². The Morgan fingerprint density at radius 1 is 1.47 bits per heavy atom. The molecule has 6 nitrogen and oxygen atoms in total. The maximum Gasteiger partial charge on any atom is 0.305 e. The van der Waals surface area contributed by atoms with E-state index in [-0.39, 0.29) is 24.4 Å². The van der Waals surface area contributed by atoms with E-state index in [2.05, 4.69) is 12.2 Å². The zero-order valence-electron chi connectivity index (χ0n) is 11.3. The summed E-state index contributed by atoms with van der Waals surface area (Å²) < 4.78 is 5.29. The molecule has 2 fully saturated rings. The molecule has 1 amide bonds. The Bertz CT molecular complexity index is 348. The average Bonchev–Trinajstić information content (AvgIpc) is 2.38. The van der Waals surface area contributed by atoms with E-state index in [0.717, 1.165) is 19.4 Å². The van der Waals surface area contributed by atoms with Gasteiger partial charge in [0.1, 0.15) is 0 Å². The van der Waals surface area contributed by atoms with Gasteiger partial charge in [-0.25, -0.2) is 0 Å². The third-order valence-corrected chi connectivity index (χ3v) is 3.88. The van der Waals surface area contributed by atoms with Crippen molar-refractivity contribution < 1.29 is 19.4 Å². The second-order valence-electron chi connectivity index (χ2n) is 5.49. The Morgan fingerprint density at radius 3 is 2.95 bits per heavy atom. The van der Waals surface area contributed by atoms with Crippen molar-refractivity contribution in [1.29, 1.82) is 0 Å². The standard InChI is InChI=1S/C13H22N2O4/c1-9-2-3-14-11(6-9)13(18)15-4-5-19-8-10(15)7-12(16)17/h9-11,14H,2-8H2,1H3,(H,16,17). The molecule has 0 radical (unpaired) electrons. The smallest absolute Gasteiger partial charge is 0.305 e. The molecule has 108 valence electrons. The van der Waals surface area contributed by atoms with Crippen LogP contribution in [0.5, 0.6) is 0 Å². The van der Waals surface area contributed by atoms with Crippen LogP contribution in [0.2, 0.25) is 0 Å². The minimum atomic E-state index is -0.890. The molecule has 0 aliphatic carbocycles. The lowest BCUT2D eigenvalue weighted by Gasteiger charge is -2.38. The number of carboxylic acid groups (broad SMARTS) is 1. The fourth-order valence-corrected chi connectivity index (χ4v) is 2.81. The third kappa shape index (κ3) is 3.67. The summed E-state index contributed by atoms with van der Waals surface area (Å²) >= 11 is 0. The number of amides is 1. The highest BCUT2D eigenvalue weighted by molar-refractivity contribution is 5.83. The summed E-state index contributed by atoms with van der Waals surface area (Å²) in [5, 5.41) is 12.1. The van der Waals surface area contributed by atoms with Crippen LogP contribution >= 0.6 is 0 Å². The lowest BCUT2D eigenvalue weighted by molar-refractivity contribution is -0.148. The Balaban J connectivity index is 2.00. The monoisotopic (exact) mass is 270 g/mol. The second-order valence-corrected chi connectivity index (χ2v) is 5.49. The molecule has 2 aliphatic rings. The Kier molecular flexibility index (Phi) is 4.76. The van der Waals surface area contributed by atoms with Crippen molar-refractivity contribution in [2.45, 2.75) is 38.3 Å². The predicted molar refractivity (Wildman–Crippen MR) is 68.8 cm³/mol. The summed E-state index contributed by atoms with van der Waals surface area (Å²) in [6.07, 6.45) is 1.87. The zero-order chi connectivity index (χ0) is 13.8. The van der Waals surface area contributed by atoms with Crippen LogP contribution in [-0.2, 0) is 14.3 Å². The number of carbonyl (C=O) groups excluding carboxylic acids is 1. The summed E-state index contributed by atoms with van der Waals surface area (Å²) in [5.74, 6) is -0.325. The van der Waals surface area contributed by atoms with Gasteiger partial charge in [-0.05, 0) is 25.3 Å². The molecule has 0 spiro atoms. The van der Waals surface area contributed by atoms with Crippen molar-refractivity contribution in [2.24, 2.45) is 5.92 Å². The van der Waals surface area contributed by atoms with Gasteiger partial charge in [0, 0.05) is 6.54 Å². The van der Waals surface area contributed by atoms with Crippen LogP contribution < -0.4 is 5.32 Å². The van der Waals surface area contributed by atoms with Gasteiger partial charge in [-0.1, -0.05) is 6.92 Å². The molecule has 0 aromatic rings. The predicted octanol–water partition coefficient (Wildman–Crippen LogP) is 0.0766. The quantitative estimate of drug-likeness (QED) is 0.759. The number of nitrogens with zero attached hydrogens (tertiary/aromatic N) is 1. The molecule has 0 bridgehead atoms. The Labute approximate surface area is 113 Å². The highest BCUT2D eigenvalue weighted by Crippen LogP contribution is 2.19. The lowest BCUT2D eigenvalue weighted by atomic mass is 9.93. The zero-order valence-corrected chi connectivity index (χ0v) is 11.3. The van der Waals surface area contributed by atoms with Crippen LogP contribution in [0.15, 0.2) is 0 Å². The van der Waals surface area contributed by atoms with Gasteiger partial charge in [0.05, 0.1) is 31.7 Å². The molecule has 2 aliphatic heterocycles. The van der Waals surface area contributed by atoms with Crippen molar-refractivity contribution in [1.82, 2.24) is 10.2 Å². The van der Waals surface area contributed by atoms with Crippen LogP contribution in [0, 0.1) is 5.92 Å². The minimum absolute atomic E-state index is 0.0288. The summed E-state index contributed by atoms with van der Waals surface area (Å²) in [6.45, 7) is 4.30. The molecule has 6 heteroatoms. The third-order valence-electron chi connectivity index (χ3n) is 3.88. The van der Waals surface area contributed by atoms with E-state index in [1.807, 2.05) is 0 Å². The number of aliphatic carboxylic acids is 1. The maximum atomic E-state index is 12.5. The maximum absolute atomic E-state index is 12.5. The van der Waals surface area contributed by atoms with Crippen molar-refractivity contribution in [3.63, 3.8) is 0 Å². The lowest BCUT2D eigenvalue weighted by Crippen LogP contribution is -2.57. The first-order valence-corrected chi connectivity index (χ1v) is 6.91. The first kappa shape index (κ1) is 14.3. The van der Waals surface area contributed by atoms with Crippen molar-refractivity contribution >= 4 is 11.9 Å². The summed E-state index contributed by atoms with van der Waals surface area (Å²) in [7, 11) is 0. The number of nitrogens with one attached hydrogen (secondary N) is 1. The van der Waals surface area contributed by atoms with Crippen molar-refractivity contribution in [2.75, 3.05) is 26.3 Å². The first-order chi connectivity index (χ1) is 9.08. The molecule has 0 aromatic heterocycles. The fourth-order valence-electron chi connectivity index (χ4n) is 2.81. The number of morpholine rings is 1. The molecule has 3 atom stereocenters. The van der Waals surface area contributed by atoms with Crippen LogP contribution in [-0.4, -0.2) is 60.3 Å². The summed E-state index contributed by atoms with van der Waals surface area (Å²) in [5.41, 5.74) is 0. The van der Waals surface area contributed by atoms with E-state index in [4.69, 9.17) is 9.84 Å². The van der Waals surface area contributed by atoms with Crippen LogP contribution in [0.3, 0.4) is 0 Å². The van der Waals surface area contributed by atoms with E-state index in [1.165, 1.54) is 0 Å². The minimum Gasteiger partial charge on any atom is -0.481 e. The van der Waals surface area contributed by atoms with E-state index < -0.39 is 5.97 Å². The first-order valence-electron chi connectivity index (χ1n) is 6.91. The van der Waals surface area contributed by atoms with Gasteiger partial charge in [-0.2, -0.15) is 0 Å². The molecular formula is C13H22N2O4. The van der Waals surface area contributed by atoms with Gasteiger partial charge in [-0.3, -0.25) is 9.59 Å². The largest absolute Gasteiger partial charge is 0.481 e. The second kappa shape index (κ2) is 6.34. The molecule has 2 saturated heterocycles. The molecule has 0 aromatic carbocycles. The molecule has 2 N–H and O–H groups in total. The number of hydrogen-bond acceptors (Lipinski definition) is 4. The molecule has 2 heterocycles. The van der Waals surface area contributed by atoms with Gasteiger partial charge >= 0.3 is 5.97 Å². The fraction of sp³-hybridized carbons (Fsp3) is 0.846. The number of carbonyl (C=O) groups is 2. The van der Waals surface area contributed by atoms with Gasteiger partial charge in [0.2, 0.25) is 5.91 Å². The van der Waals surface area contributed by atoms with Gasteiger partial charge in [0.25, 0.3) is 0 Å². The Hall–Kier alpha value is -1.14. The molecule has 2 rings (SSSR count). The number of hydrogen-bond donors (Lipinski definition) is 2. The molecule has 3 unspecified atom stereocenters. The number of rotatable bonds is 3. The van der Waals surface area contributed by atoms with E-state index >= 15 is 0 Å². The van der Waals surface area contributed by atoms with Gasteiger partial charge in [-0.15, -0.1) is 0 Å². The van der Waals surface area contributed by atoms with Crippen LogP contribution in [0.1, 0.15) is 26.2 Å². The average molecular weight is 270 g/mol. The van der Waals surface area contributed by atoms with Gasteiger partial charge < -0.3 is 20.1 Å².